The van der Waals surface area contributed by atoms with Crippen molar-refractivity contribution in [1.82, 2.24) is 5.32 Å². The van der Waals surface area contributed by atoms with Crippen LogP contribution in [0.5, 0.6) is 0 Å². The Balaban J connectivity index is 4.42. The fourth-order valence-electron chi connectivity index (χ4n) is 1.41. The highest BCUT2D eigenvalue weighted by molar-refractivity contribution is 5.93. The molecular weight excluding hydrogens is 184 g/mol. The molecule has 0 aromatic rings. The molecule has 1 N–H and O–H groups in total. The van der Waals surface area contributed by atoms with Gasteiger partial charge in [-0.2, -0.15) is 0 Å². The fourth-order valence-corrected chi connectivity index (χ4v) is 1.41. The van der Waals surface area contributed by atoms with Gasteiger partial charge in [-0.1, -0.05) is 6.92 Å². The molecule has 2 nitrogen and oxygen atoms in total. The average Bonchev–Trinajstić information content (AvgIpc) is 1.99. The molecule has 0 saturated carbocycles. The summed E-state index contributed by atoms with van der Waals surface area (Å²) in [5.74, 6) is 0. The van der Waals surface area contributed by atoms with Crippen LogP contribution in [0, 0.1) is 0 Å². The van der Waals surface area contributed by atoms with Gasteiger partial charge in [-0.15, -0.1) is 0 Å². The van der Waals surface area contributed by atoms with E-state index in [-0.39, 0.29) is 5.54 Å². The summed E-state index contributed by atoms with van der Waals surface area (Å²) < 4.78 is 0. The number of aliphatic imine (C=N–C) groups is 1. The Kier molecular flexibility index (Phi) is 5.63. The normalized spacial score (nSPS) is 16.5. The average molecular weight is 210 g/mol. The Morgan fingerprint density at radius 2 is 1.87 bits per heavy atom. The van der Waals surface area contributed by atoms with Crippen molar-refractivity contribution in [3.05, 3.63) is 11.8 Å². The fraction of sp³-hybridized carbons (Fsp3) is 0.769. The van der Waals surface area contributed by atoms with Crippen LogP contribution in [0.4, 0.5) is 0 Å². The topological polar surface area (TPSA) is 24.4 Å². The van der Waals surface area contributed by atoms with Gasteiger partial charge >= 0.3 is 0 Å². The van der Waals surface area contributed by atoms with E-state index in [0.29, 0.717) is 6.04 Å². The van der Waals surface area contributed by atoms with Crippen LogP contribution in [0.15, 0.2) is 16.8 Å². The maximum Gasteiger partial charge on any atom is 0.0527 e. The number of hydrogen-bond acceptors (Lipinski definition) is 2. The van der Waals surface area contributed by atoms with Gasteiger partial charge in [-0.25, -0.2) is 0 Å². The molecule has 1 unspecified atom stereocenters. The summed E-state index contributed by atoms with van der Waals surface area (Å²) in [5, 5.41) is 3.43. The lowest BCUT2D eigenvalue weighted by atomic mass is 10.1. The van der Waals surface area contributed by atoms with E-state index < -0.39 is 0 Å². The number of hydrogen-bond donors (Lipinski definition) is 1. The predicted molar refractivity (Wildman–Crippen MR) is 69.5 cm³/mol. The van der Waals surface area contributed by atoms with E-state index in [9.17, 15) is 0 Å². The Morgan fingerprint density at radius 1 is 1.33 bits per heavy atom. The second-order valence-corrected chi connectivity index (χ2v) is 5.20. The molecule has 0 amide bonds. The van der Waals surface area contributed by atoms with Gasteiger partial charge in [0.15, 0.2) is 0 Å². The van der Waals surface area contributed by atoms with E-state index in [2.05, 4.69) is 57.9 Å². The van der Waals surface area contributed by atoms with E-state index in [4.69, 9.17) is 0 Å². The quantitative estimate of drug-likeness (QED) is 0.705. The predicted octanol–water partition coefficient (Wildman–Crippen LogP) is 3.54. The molecule has 0 heterocycles. The summed E-state index contributed by atoms with van der Waals surface area (Å²) in [4.78, 5) is 4.58. The monoisotopic (exact) mass is 210 g/mol. The molecule has 0 rings (SSSR count). The molecule has 0 saturated heterocycles. The second kappa shape index (κ2) is 5.94. The van der Waals surface area contributed by atoms with Crippen LogP contribution in [0.25, 0.3) is 0 Å². The van der Waals surface area contributed by atoms with E-state index in [0.717, 1.165) is 12.1 Å². The van der Waals surface area contributed by atoms with E-state index >= 15 is 0 Å². The van der Waals surface area contributed by atoms with Crippen molar-refractivity contribution in [3.8, 4) is 0 Å². The molecule has 0 radical (unpaired) electrons. The zero-order valence-electron chi connectivity index (χ0n) is 11.3. The molecule has 2 heteroatoms. The minimum absolute atomic E-state index is 0.0111. The molecule has 0 aliphatic carbocycles. The maximum absolute atomic E-state index is 4.58. The van der Waals surface area contributed by atoms with Crippen molar-refractivity contribution >= 4 is 5.71 Å². The van der Waals surface area contributed by atoms with Crippen molar-refractivity contribution in [1.29, 1.82) is 0 Å². The Bertz CT molecular complexity index is 244. The standard InChI is InChI=1S/C13H26N2/c1-8-10(2)14-11(3)9-12(4)15-13(5,6)7/h9-10,14H,8H2,1-7H3. The van der Waals surface area contributed by atoms with Gasteiger partial charge in [0.25, 0.3) is 0 Å². The minimum atomic E-state index is 0.0111. The van der Waals surface area contributed by atoms with Crippen LogP contribution in [-0.2, 0) is 0 Å². The van der Waals surface area contributed by atoms with Gasteiger partial charge in [0.2, 0.25) is 0 Å². The molecule has 0 aliphatic rings. The Labute approximate surface area is 94.9 Å². The first-order chi connectivity index (χ1) is 6.74. The highest BCUT2D eigenvalue weighted by atomic mass is 14.9. The largest absolute Gasteiger partial charge is 0.386 e. The molecule has 88 valence electrons. The first kappa shape index (κ1) is 14.2. The Hall–Kier alpha value is -0.790. The van der Waals surface area contributed by atoms with E-state index in [1.54, 1.807) is 0 Å². The van der Waals surface area contributed by atoms with Gasteiger partial charge < -0.3 is 5.32 Å². The van der Waals surface area contributed by atoms with Crippen molar-refractivity contribution in [2.24, 2.45) is 4.99 Å². The number of rotatable bonds is 4. The third-order valence-electron chi connectivity index (χ3n) is 2.02. The smallest absolute Gasteiger partial charge is 0.0527 e. The summed E-state index contributed by atoms with van der Waals surface area (Å²) in [5.41, 5.74) is 2.28. The van der Waals surface area contributed by atoms with Gasteiger partial charge in [0.1, 0.15) is 0 Å². The lowest BCUT2D eigenvalue weighted by Crippen LogP contribution is -2.23. The summed E-state index contributed by atoms with van der Waals surface area (Å²) in [7, 11) is 0. The zero-order chi connectivity index (χ0) is 12.1. The van der Waals surface area contributed by atoms with Crippen LogP contribution in [-0.4, -0.2) is 17.3 Å². The number of allylic oxidation sites excluding steroid dienone is 2. The molecule has 0 aromatic heterocycles. The van der Waals surface area contributed by atoms with Gasteiger partial charge in [-0.3, -0.25) is 4.99 Å². The summed E-state index contributed by atoms with van der Waals surface area (Å²) >= 11 is 0. The first-order valence-electron chi connectivity index (χ1n) is 5.76. The molecular formula is C13H26N2. The minimum Gasteiger partial charge on any atom is -0.386 e. The molecule has 0 spiro atoms. The van der Waals surface area contributed by atoms with Crippen LogP contribution >= 0.6 is 0 Å². The maximum atomic E-state index is 4.58. The highest BCUT2D eigenvalue weighted by Crippen LogP contribution is 2.07. The van der Waals surface area contributed by atoms with Crippen molar-refractivity contribution < 1.29 is 0 Å². The molecule has 0 aromatic carbocycles. The summed E-state index contributed by atoms with van der Waals surface area (Å²) in [6, 6.07) is 0.531. The molecule has 1 atom stereocenters. The molecule has 0 bridgehead atoms. The first-order valence-corrected chi connectivity index (χ1v) is 5.76. The lowest BCUT2D eigenvalue weighted by Gasteiger charge is -2.15. The third kappa shape index (κ3) is 8.22. The summed E-state index contributed by atoms with van der Waals surface area (Å²) in [6.07, 6.45) is 3.25. The lowest BCUT2D eigenvalue weighted by molar-refractivity contribution is 0.583. The third-order valence-corrected chi connectivity index (χ3v) is 2.02. The highest BCUT2D eigenvalue weighted by Gasteiger charge is 2.06. The van der Waals surface area contributed by atoms with Crippen LogP contribution in [0.2, 0.25) is 0 Å². The zero-order valence-corrected chi connectivity index (χ0v) is 11.3. The SMILES string of the molecule is CCC(C)NC(C)=CC(C)=NC(C)(C)C. The van der Waals surface area contributed by atoms with Crippen LogP contribution in [0.1, 0.15) is 54.9 Å². The number of nitrogens with one attached hydrogen (secondary N) is 1. The van der Waals surface area contributed by atoms with E-state index in [1.165, 1.54) is 5.70 Å². The molecule has 0 aliphatic heterocycles. The van der Waals surface area contributed by atoms with Gasteiger partial charge in [-0.05, 0) is 54.0 Å². The second-order valence-electron chi connectivity index (χ2n) is 5.20. The molecule has 0 fully saturated rings. The Morgan fingerprint density at radius 3 is 2.27 bits per heavy atom. The number of nitrogens with zero attached hydrogens (tertiary/aromatic N) is 1. The summed E-state index contributed by atoms with van der Waals surface area (Å²) in [6.45, 7) is 14.8. The van der Waals surface area contributed by atoms with Crippen LogP contribution in [0.3, 0.4) is 0 Å². The van der Waals surface area contributed by atoms with Gasteiger partial charge in [0.05, 0.1) is 5.54 Å². The van der Waals surface area contributed by atoms with Crippen molar-refractivity contribution in [3.63, 3.8) is 0 Å². The van der Waals surface area contributed by atoms with E-state index in [1.807, 2.05) is 6.92 Å². The van der Waals surface area contributed by atoms with Crippen molar-refractivity contribution in [2.45, 2.75) is 66.5 Å². The van der Waals surface area contributed by atoms with Crippen LogP contribution < -0.4 is 5.32 Å². The van der Waals surface area contributed by atoms with Gasteiger partial charge in [0, 0.05) is 17.5 Å². The molecule has 15 heavy (non-hydrogen) atoms. The van der Waals surface area contributed by atoms with Crippen molar-refractivity contribution in [2.75, 3.05) is 0 Å².